The second kappa shape index (κ2) is 7.42. The van der Waals surface area contributed by atoms with E-state index in [1.165, 1.54) is 0 Å². The summed E-state index contributed by atoms with van der Waals surface area (Å²) in [6.07, 6.45) is 3.58. The molecule has 0 aliphatic carbocycles. The molecule has 1 N–H and O–H groups in total. The van der Waals surface area contributed by atoms with Crippen molar-refractivity contribution < 1.29 is 19.0 Å². The second-order valence-corrected chi connectivity index (χ2v) is 6.06. The first-order chi connectivity index (χ1) is 11.2. The van der Waals surface area contributed by atoms with Crippen LogP contribution in [0.3, 0.4) is 0 Å². The van der Waals surface area contributed by atoms with Crippen molar-refractivity contribution in [1.82, 2.24) is 15.1 Å². The van der Waals surface area contributed by atoms with Crippen molar-refractivity contribution in [2.24, 2.45) is 0 Å². The fraction of sp³-hybridized carbons (Fsp3) is 0.750. The van der Waals surface area contributed by atoms with Gasteiger partial charge in [-0.25, -0.2) is 0 Å². The molecule has 0 bridgehead atoms. The standard InChI is InChI=1S/C16H25N3O4/c1-3-19-8-12(15(18-19)11-4-6-22-7-5-11)16(20)17-13-9-23-10-14(13)21-2/h8,11,13-14H,3-7,9-10H2,1-2H3,(H,17,20)/t13-,14+/m1/s1. The number of ether oxygens (including phenoxy) is 3. The quantitative estimate of drug-likeness (QED) is 0.873. The molecule has 3 rings (SSSR count). The first-order valence-electron chi connectivity index (χ1n) is 8.29. The van der Waals surface area contributed by atoms with Gasteiger partial charge in [0, 0.05) is 39.0 Å². The number of methoxy groups -OCH3 is 1. The van der Waals surface area contributed by atoms with Gasteiger partial charge in [-0.05, 0) is 19.8 Å². The minimum absolute atomic E-state index is 0.0910. The van der Waals surface area contributed by atoms with Crippen LogP contribution >= 0.6 is 0 Å². The van der Waals surface area contributed by atoms with Crippen molar-refractivity contribution in [3.63, 3.8) is 0 Å². The van der Waals surface area contributed by atoms with E-state index in [1.54, 1.807) is 7.11 Å². The Morgan fingerprint density at radius 1 is 1.39 bits per heavy atom. The number of carbonyl (C=O) groups excluding carboxylic acids is 1. The van der Waals surface area contributed by atoms with E-state index in [4.69, 9.17) is 14.2 Å². The first kappa shape index (κ1) is 16.4. The number of amides is 1. The average Bonchev–Trinajstić information content (AvgIpc) is 3.21. The number of rotatable bonds is 5. The lowest BCUT2D eigenvalue weighted by molar-refractivity contribution is 0.0682. The van der Waals surface area contributed by atoms with Gasteiger partial charge < -0.3 is 19.5 Å². The van der Waals surface area contributed by atoms with E-state index in [0.29, 0.717) is 18.8 Å². The second-order valence-electron chi connectivity index (χ2n) is 6.06. The predicted octanol–water partition coefficient (Wildman–Crippen LogP) is 0.941. The Bertz CT molecular complexity index is 539. The smallest absolute Gasteiger partial charge is 0.255 e. The summed E-state index contributed by atoms with van der Waals surface area (Å²) >= 11 is 0. The van der Waals surface area contributed by atoms with E-state index in [-0.39, 0.29) is 24.0 Å². The van der Waals surface area contributed by atoms with Crippen molar-refractivity contribution in [3.05, 3.63) is 17.5 Å². The van der Waals surface area contributed by atoms with Crippen LogP contribution in [0.4, 0.5) is 0 Å². The van der Waals surface area contributed by atoms with Crippen LogP contribution in [0.2, 0.25) is 0 Å². The number of aryl methyl sites for hydroxylation is 1. The summed E-state index contributed by atoms with van der Waals surface area (Å²) in [6.45, 7) is 5.23. The average molecular weight is 323 g/mol. The third-order valence-corrected chi connectivity index (χ3v) is 4.61. The van der Waals surface area contributed by atoms with Crippen molar-refractivity contribution in [1.29, 1.82) is 0 Å². The molecule has 0 radical (unpaired) electrons. The van der Waals surface area contributed by atoms with Gasteiger partial charge in [-0.3, -0.25) is 9.48 Å². The Kier molecular flexibility index (Phi) is 5.30. The number of carbonyl (C=O) groups is 1. The van der Waals surface area contributed by atoms with Gasteiger partial charge in [0.2, 0.25) is 0 Å². The Morgan fingerprint density at radius 3 is 2.87 bits per heavy atom. The zero-order chi connectivity index (χ0) is 16.2. The fourth-order valence-electron chi connectivity index (χ4n) is 3.19. The maximum Gasteiger partial charge on any atom is 0.255 e. The van der Waals surface area contributed by atoms with E-state index in [1.807, 2.05) is 17.8 Å². The van der Waals surface area contributed by atoms with Crippen LogP contribution in [-0.2, 0) is 20.8 Å². The maximum absolute atomic E-state index is 12.7. The zero-order valence-electron chi connectivity index (χ0n) is 13.8. The molecule has 7 nitrogen and oxygen atoms in total. The number of aromatic nitrogens is 2. The van der Waals surface area contributed by atoms with Crippen LogP contribution in [0.15, 0.2) is 6.20 Å². The van der Waals surface area contributed by atoms with Crippen molar-refractivity contribution >= 4 is 5.91 Å². The largest absolute Gasteiger partial charge is 0.381 e. The van der Waals surface area contributed by atoms with E-state index in [2.05, 4.69) is 10.4 Å². The zero-order valence-corrected chi connectivity index (χ0v) is 13.8. The Hall–Kier alpha value is -1.44. The molecule has 128 valence electrons. The highest BCUT2D eigenvalue weighted by atomic mass is 16.5. The molecule has 0 aromatic carbocycles. The summed E-state index contributed by atoms with van der Waals surface area (Å²) in [5.74, 6) is 0.194. The molecular weight excluding hydrogens is 298 g/mol. The molecule has 1 aromatic heterocycles. The summed E-state index contributed by atoms with van der Waals surface area (Å²) < 4.78 is 18.0. The highest BCUT2D eigenvalue weighted by Gasteiger charge is 2.32. The summed E-state index contributed by atoms with van der Waals surface area (Å²) in [6, 6.07) is -0.111. The Labute approximate surface area is 136 Å². The Balaban J connectivity index is 1.77. The van der Waals surface area contributed by atoms with Crippen molar-refractivity contribution in [2.75, 3.05) is 33.5 Å². The Morgan fingerprint density at radius 2 is 2.17 bits per heavy atom. The van der Waals surface area contributed by atoms with E-state index < -0.39 is 0 Å². The molecule has 2 atom stereocenters. The molecule has 7 heteroatoms. The first-order valence-corrected chi connectivity index (χ1v) is 8.29. The SMILES string of the molecule is CCn1cc(C(=O)N[C@@H]2COC[C@@H]2OC)c(C2CCOCC2)n1. The molecule has 1 amide bonds. The normalized spacial score (nSPS) is 25.7. The van der Waals surface area contributed by atoms with Gasteiger partial charge in [0.15, 0.2) is 0 Å². The van der Waals surface area contributed by atoms with E-state index in [0.717, 1.165) is 38.3 Å². The lowest BCUT2D eigenvalue weighted by Crippen LogP contribution is -2.43. The summed E-state index contributed by atoms with van der Waals surface area (Å²) in [4.78, 5) is 12.7. The molecule has 1 aromatic rings. The van der Waals surface area contributed by atoms with Gasteiger partial charge in [0.05, 0.1) is 30.5 Å². The molecule has 0 unspecified atom stereocenters. The minimum Gasteiger partial charge on any atom is -0.381 e. The van der Waals surface area contributed by atoms with Gasteiger partial charge in [0.1, 0.15) is 6.10 Å². The molecule has 2 aliphatic heterocycles. The van der Waals surface area contributed by atoms with Gasteiger partial charge in [-0.2, -0.15) is 5.10 Å². The van der Waals surface area contributed by atoms with Gasteiger partial charge in [-0.1, -0.05) is 0 Å². The van der Waals surface area contributed by atoms with Crippen LogP contribution in [0.5, 0.6) is 0 Å². The maximum atomic E-state index is 12.7. The summed E-state index contributed by atoms with van der Waals surface area (Å²) in [5.41, 5.74) is 1.56. The molecule has 2 aliphatic rings. The lowest BCUT2D eigenvalue weighted by Gasteiger charge is -2.22. The van der Waals surface area contributed by atoms with Gasteiger partial charge in [-0.15, -0.1) is 0 Å². The third-order valence-electron chi connectivity index (χ3n) is 4.61. The number of hydrogen-bond donors (Lipinski definition) is 1. The van der Waals surface area contributed by atoms with E-state index in [9.17, 15) is 4.79 Å². The number of nitrogens with one attached hydrogen (secondary N) is 1. The number of nitrogens with zero attached hydrogens (tertiary/aromatic N) is 2. The van der Waals surface area contributed by atoms with Crippen LogP contribution in [0, 0.1) is 0 Å². The minimum atomic E-state index is -0.111. The fourth-order valence-corrected chi connectivity index (χ4v) is 3.19. The molecular formula is C16H25N3O4. The van der Waals surface area contributed by atoms with Crippen LogP contribution in [-0.4, -0.2) is 61.4 Å². The molecule has 3 heterocycles. The highest BCUT2D eigenvalue weighted by Crippen LogP contribution is 2.28. The van der Waals surface area contributed by atoms with E-state index >= 15 is 0 Å². The van der Waals surface area contributed by atoms with Crippen molar-refractivity contribution in [3.8, 4) is 0 Å². The third kappa shape index (κ3) is 3.57. The van der Waals surface area contributed by atoms with Crippen LogP contribution in [0.25, 0.3) is 0 Å². The highest BCUT2D eigenvalue weighted by molar-refractivity contribution is 5.95. The monoisotopic (exact) mass is 323 g/mol. The van der Waals surface area contributed by atoms with Crippen molar-refractivity contribution in [2.45, 2.75) is 44.4 Å². The summed E-state index contributed by atoms with van der Waals surface area (Å²) in [5, 5.41) is 7.66. The van der Waals surface area contributed by atoms with Gasteiger partial charge >= 0.3 is 0 Å². The topological polar surface area (TPSA) is 74.6 Å². The van der Waals surface area contributed by atoms with Crippen LogP contribution in [0.1, 0.15) is 41.7 Å². The molecule has 2 saturated heterocycles. The molecule has 23 heavy (non-hydrogen) atoms. The molecule has 2 fully saturated rings. The summed E-state index contributed by atoms with van der Waals surface area (Å²) in [7, 11) is 1.64. The molecule has 0 saturated carbocycles. The number of hydrogen-bond acceptors (Lipinski definition) is 5. The van der Waals surface area contributed by atoms with Crippen LogP contribution < -0.4 is 5.32 Å². The predicted molar refractivity (Wildman–Crippen MR) is 83.6 cm³/mol. The molecule has 0 spiro atoms. The van der Waals surface area contributed by atoms with Gasteiger partial charge in [0.25, 0.3) is 5.91 Å². The lowest BCUT2D eigenvalue weighted by atomic mass is 9.93.